The fourth-order valence-electron chi connectivity index (χ4n) is 3.14. The van der Waals surface area contributed by atoms with E-state index in [9.17, 15) is 0 Å². The van der Waals surface area contributed by atoms with Crippen LogP contribution >= 0.6 is 0 Å². The molecule has 2 aliphatic rings. The molecular formula is C12H23NO. The van der Waals surface area contributed by atoms with E-state index < -0.39 is 0 Å². The summed E-state index contributed by atoms with van der Waals surface area (Å²) in [7, 11) is 0. The van der Waals surface area contributed by atoms with E-state index in [-0.39, 0.29) is 5.60 Å². The lowest BCUT2D eigenvalue weighted by atomic mass is 9.81. The average Bonchev–Trinajstić information content (AvgIpc) is 2.41. The van der Waals surface area contributed by atoms with E-state index >= 15 is 0 Å². The standard InChI is InChI=1S/C12H23NO/c1-2-3-9-14-12-7-4-5-10(6-8-12)11(12)13/h10-11H,2-9,13H2,1H3. The van der Waals surface area contributed by atoms with E-state index in [4.69, 9.17) is 10.5 Å². The summed E-state index contributed by atoms with van der Waals surface area (Å²) >= 11 is 0. The van der Waals surface area contributed by atoms with Gasteiger partial charge in [0.05, 0.1) is 5.60 Å². The van der Waals surface area contributed by atoms with Crippen molar-refractivity contribution in [3.05, 3.63) is 0 Å². The van der Waals surface area contributed by atoms with Crippen molar-refractivity contribution in [2.75, 3.05) is 6.61 Å². The van der Waals surface area contributed by atoms with Crippen LogP contribution in [0.3, 0.4) is 0 Å². The van der Waals surface area contributed by atoms with Gasteiger partial charge >= 0.3 is 0 Å². The van der Waals surface area contributed by atoms with Crippen LogP contribution in [0, 0.1) is 5.92 Å². The molecule has 0 amide bonds. The molecule has 0 radical (unpaired) electrons. The molecule has 2 aliphatic carbocycles. The molecule has 0 heterocycles. The van der Waals surface area contributed by atoms with Crippen molar-refractivity contribution in [1.29, 1.82) is 0 Å². The average molecular weight is 197 g/mol. The second-order valence-electron chi connectivity index (χ2n) is 4.98. The summed E-state index contributed by atoms with van der Waals surface area (Å²) in [4.78, 5) is 0. The Kier molecular flexibility index (Phi) is 3.13. The maximum Gasteiger partial charge on any atom is 0.0835 e. The lowest BCUT2D eigenvalue weighted by Gasteiger charge is -2.39. The summed E-state index contributed by atoms with van der Waals surface area (Å²) in [5.74, 6) is 0.755. The normalized spacial score (nSPS) is 41.6. The molecule has 0 aliphatic heterocycles. The first-order chi connectivity index (χ1) is 6.78. The van der Waals surface area contributed by atoms with Crippen LogP contribution in [-0.4, -0.2) is 18.2 Å². The third-order valence-corrected chi connectivity index (χ3v) is 4.12. The van der Waals surface area contributed by atoms with Crippen molar-refractivity contribution in [1.82, 2.24) is 0 Å². The molecule has 14 heavy (non-hydrogen) atoms. The zero-order valence-electron chi connectivity index (χ0n) is 9.30. The second-order valence-corrected chi connectivity index (χ2v) is 4.98. The molecule has 2 saturated carbocycles. The van der Waals surface area contributed by atoms with Crippen LogP contribution in [0.5, 0.6) is 0 Å². The number of fused-ring (bicyclic) bond motifs is 2. The monoisotopic (exact) mass is 197 g/mol. The molecule has 0 aromatic heterocycles. The van der Waals surface area contributed by atoms with Gasteiger partial charge < -0.3 is 10.5 Å². The van der Waals surface area contributed by atoms with Crippen LogP contribution in [0.2, 0.25) is 0 Å². The SMILES string of the molecule is CCCCOC12CCCC(CC1)C2N. The Morgan fingerprint density at radius 3 is 3.00 bits per heavy atom. The molecule has 0 saturated heterocycles. The summed E-state index contributed by atoms with van der Waals surface area (Å²) < 4.78 is 6.09. The molecular weight excluding hydrogens is 174 g/mol. The molecule has 3 unspecified atom stereocenters. The van der Waals surface area contributed by atoms with Crippen LogP contribution in [0.25, 0.3) is 0 Å². The Morgan fingerprint density at radius 2 is 2.21 bits per heavy atom. The predicted octanol–water partition coefficient (Wildman–Crippen LogP) is 2.46. The maximum atomic E-state index is 6.28. The molecule has 2 rings (SSSR count). The quantitative estimate of drug-likeness (QED) is 0.703. The van der Waals surface area contributed by atoms with Gasteiger partial charge in [0.1, 0.15) is 0 Å². The number of rotatable bonds is 4. The minimum atomic E-state index is 0.0814. The summed E-state index contributed by atoms with van der Waals surface area (Å²) in [5, 5.41) is 0. The summed E-state index contributed by atoms with van der Waals surface area (Å²) in [6, 6.07) is 0.327. The fourth-order valence-corrected chi connectivity index (χ4v) is 3.14. The van der Waals surface area contributed by atoms with Gasteiger partial charge in [0.2, 0.25) is 0 Å². The van der Waals surface area contributed by atoms with Gasteiger partial charge in [-0.15, -0.1) is 0 Å². The summed E-state index contributed by atoms with van der Waals surface area (Å²) in [5.41, 5.74) is 6.36. The zero-order chi connectivity index (χ0) is 10.0. The molecule has 2 N–H and O–H groups in total. The lowest BCUT2D eigenvalue weighted by molar-refractivity contribution is -0.0724. The van der Waals surface area contributed by atoms with Gasteiger partial charge in [0.15, 0.2) is 0 Å². The molecule has 2 fully saturated rings. The Morgan fingerprint density at radius 1 is 1.36 bits per heavy atom. The van der Waals surface area contributed by atoms with Gasteiger partial charge in [0.25, 0.3) is 0 Å². The van der Waals surface area contributed by atoms with Gasteiger partial charge in [-0.3, -0.25) is 0 Å². The number of hydrogen-bond donors (Lipinski definition) is 1. The largest absolute Gasteiger partial charge is 0.373 e. The highest BCUT2D eigenvalue weighted by Gasteiger charge is 2.49. The predicted molar refractivity (Wildman–Crippen MR) is 58.1 cm³/mol. The minimum absolute atomic E-state index is 0.0814. The van der Waals surface area contributed by atoms with Crippen molar-refractivity contribution in [3.8, 4) is 0 Å². The van der Waals surface area contributed by atoms with Crippen LogP contribution in [0.1, 0.15) is 51.9 Å². The van der Waals surface area contributed by atoms with Crippen molar-refractivity contribution < 1.29 is 4.74 Å². The Hall–Kier alpha value is -0.0800. The van der Waals surface area contributed by atoms with Gasteiger partial charge in [-0.25, -0.2) is 0 Å². The first-order valence-electron chi connectivity index (χ1n) is 6.18. The highest BCUT2D eigenvalue weighted by molar-refractivity contribution is 5.04. The minimum Gasteiger partial charge on any atom is -0.373 e. The molecule has 0 aromatic carbocycles. The van der Waals surface area contributed by atoms with E-state index in [0.29, 0.717) is 6.04 Å². The Labute approximate surface area is 87.2 Å². The fraction of sp³-hybridized carbons (Fsp3) is 1.00. The smallest absolute Gasteiger partial charge is 0.0835 e. The molecule has 3 atom stereocenters. The first kappa shape index (κ1) is 10.4. The van der Waals surface area contributed by atoms with Crippen molar-refractivity contribution in [2.45, 2.75) is 63.5 Å². The number of ether oxygens (including phenoxy) is 1. The second kappa shape index (κ2) is 4.19. The molecule has 0 spiro atoms. The van der Waals surface area contributed by atoms with Gasteiger partial charge in [0, 0.05) is 12.6 Å². The van der Waals surface area contributed by atoms with Gasteiger partial charge in [-0.2, -0.15) is 0 Å². The maximum absolute atomic E-state index is 6.28. The van der Waals surface area contributed by atoms with Crippen LogP contribution in [-0.2, 0) is 4.74 Å². The highest BCUT2D eigenvalue weighted by atomic mass is 16.5. The Balaban J connectivity index is 1.92. The first-order valence-corrected chi connectivity index (χ1v) is 6.18. The van der Waals surface area contributed by atoms with Crippen molar-refractivity contribution in [2.24, 2.45) is 11.7 Å². The van der Waals surface area contributed by atoms with E-state index in [1.54, 1.807) is 0 Å². The molecule has 2 bridgehead atoms. The summed E-state index contributed by atoms with van der Waals surface area (Å²) in [6.07, 6.45) is 8.77. The molecule has 0 aromatic rings. The van der Waals surface area contributed by atoms with Gasteiger partial charge in [-0.1, -0.05) is 19.8 Å². The third-order valence-electron chi connectivity index (χ3n) is 4.12. The summed E-state index contributed by atoms with van der Waals surface area (Å²) in [6.45, 7) is 3.12. The third kappa shape index (κ3) is 1.70. The van der Waals surface area contributed by atoms with Crippen molar-refractivity contribution in [3.63, 3.8) is 0 Å². The van der Waals surface area contributed by atoms with Crippen LogP contribution < -0.4 is 5.73 Å². The topological polar surface area (TPSA) is 35.2 Å². The number of unbranched alkanes of at least 4 members (excludes halogenated alkanes) is 1. The van der Waals surface area contributed by atoms with E-state index in [1.807, 2.05) is 0 Å². The van der Waals surface area contributed by atoms with E-state index in [0.717, 1.165) is 12.5 Å². The molecule has 2 nitrogen and oxygen atoms in total. The lowest BCUT2D eigenvalue weighted by Crippen LogP contribution is -2.51. The molecule has 82 valence electrons. The number of hydrogen-bond acceptors (Lipinski definition) is 2. The van der Waals surface area contributed by atoms with Gasteiger partial charge in [-0.05, 0) is 38.0 Å². The van der Waals surface area contributed by atoms with E-state index in [2.05, 4.69) is 6.92 Å². The van der Waals surface area contributed by atoms with Crippen molar-refractivity contribution >= 4 is 0 Å². The van der Waals surface area contributed by atoms with E-state index in [1.165, 1.54) is 44.9 Å². The van der Waals surface area contributed by atoms with Crippen LogP contribution in [0.15, 0.2) is 0 Å². The Bertz CT molecular complexity index is 191. The number of nitrogens with two attached hydrogens (primary N) is 1. The zero-order valence-corrected chi connectivity index (χ0v) is 9.30. The molecule has 2 heteroatoms. The highest BCUT2D eigenvalue weighted by Crippen LogP contribution is 2.46. The van der Waals surface area contributed by atoms with Crippen LogP contribution in [0.4, 0.5) is 0 Å².